The summed E-state index contributed by atoms with van der Waals surface area (Å²) in [7, 11) is 0. The molecule has 0 unspecified atom stereocenters. The molecule has 0 radical (unpaired) electrons. The van der Waals surface area contributed by atoms with Gasteiger partial charge in [0.2, 0.25) is 0 Å². The average Bonchev–Trinajstić information content (AvgIpc) is 3.38. The monoisotopic (exact) mass is 645 g/mol. The Balaban J connectivity index is 1.37. The number of anilines is 2. The predicted octanol–water partition coefficient (Wildman–Crippen LogP) is 8.41. The van der Waals surface area contributed by atoms with Crippen LogP contribution in [0.15, 0.2) is 59.4 Å². The zero-order valence-electron chi connectivity index (χ0n) is 26.5. The molecular formula is C35H37ClFN5O4. The second kappa shape index (κ2) is 12.1. The van der Waals surface area contributed by atoms with Gasteiger partial charge in [-0.3, -0.25) is 0 Å². The smallest absolute Gasteiger partial charge is 0.337 e. The van der Waals surface area contributed by atoms with E-state index >= 15 is 4.39 Å². The van der Waals surface area contributed by atoms with E-state index in [4.69, 9.17) is 20.8 Å². The number of aliphatic carboxylic acids is 1. The number of piperidine rings is 1. The fourth-order valence-corrected chi connectivity index (χ4v) is 6.12. The average molecular weight is 646 g/mol. The lowest BCUT2D eigenvalue weighted by Gasteiger charge is -2.40. The molecule has 1 fully saturated rings. The summed E-state index contributed by atoms with van der Waals surface area (Å²) in [6, 6.07) is 12.6. The standard InChI is InChI=1S/C35H37ClFN5O4/c1-34(2,3)46-29(33(43)44)26-28(42-14-12-35(4,5)13-15-42)23(18-38-31(26)36)20-10-11-21(24(37)16-20)17-39-32-30-27(40-19-41-32)22-8-6-7-9-25(22)45-30/h6-11,16,18-19,29H,12-15,17H2,1-5H3,(H,43,44)(H,39,40,41)/t29-/m0/s1. The molecule has 0 bridgehead atoms. The Morgan fingerprint density at radius 3 is 2.59 bits per heavy atom. The van der Waals surface area contributed by atoms with E-state index in [1.165, 1.54) is 12.4 Å². The number of hydrogen-bond donors (Lipinski definition) is 2. The van der Waals surface area contributed by atoms with Crippen molar-refractivity contribution >= 4 is 51.1 Å². The van der Waals surface area contributed by atoms with E-state index in [1.807, 2.05) is 30.3 Å². The van der Waals surface area contributed by atoms with Crippen LogP contribution in [0, 0.1) is 11.2 Å². The number of pyridine rings is 1. The van der Waals surface area contributed by atoms with Crippen LogP contribution in [0.5, 0.6) is 0 Å². The molecule has 0 saturated carbocycles. The summed E-state index contributed by atoms with van der Waals surface area (Å²) in [5.74, 6) is -1.15. The molecule has 2 aromatic carbocycles. The second-order valence-corrected chi connectivity index (χ2v) is 13.8. The fourth-order valence-electron chi connectivity index (χ4n) is 5.89. The zero-order chi connectivity index (χ0) is 32.8. The second-order valence-electron chi connectivity index (χ2n) is 13.5. The summed E-state index contributed by atoms with van der Waals surface area (Å²) in [4.78, 5) is 27.8. The van der Waals surface area contributed by atoms with Crippen LogP contribution >= 0.6 is 11.6 Å². The summed E-state index contributed by atoms with van der Waals surface area (Å²) in [5, 5.41) is 14.4. The van der Waals surface area contributed by atoms with E-state index in [1.54, 1.807) is 33.0 Å². The first-order valence-corrected chi connectivity index (χ1v) is 15.7. The number of aromatic nitrogens is 3. The van der Waals surface area contributed by atoms with Gasteiger partial charge in [0.1, 0.15) is 28.4 Å². The Hall–Kier alpha value is -4.28. The highest BCUT2D eigenvalue weighted by Gasteiger charge is 2.36. The summed E-state index contributed by atoms with van der Waals surface area (Å²) in [6.45, 7) is 11.3. The van der Waals surface area contributed by atoms with Gasteiger partial charge in [-0.2, -0.15) is 0 Å². The number of nitrogens with zero attached hydrogens (tertiary/aromatic N) is 4. The number of ether oxygens (including phenoxy) is 1. The van der Waals surface area contributed by atoms with E-state index in [2.05, 4.69) is 39.0 Å². The number of furan rings is 1. The van der Waals surface area contributed by atoms with Gasteiger partial charge < -0.3 is 24.5 Å². The maximum absolute atomic E-state index is 15.8. The van der Waals surface area contributed by atoms with Crippen LogP contribution in [-0.4, -0.2) is 44.7 Å². The highest BCUT2D eigenvalue weighted by atomic mass is 35.5. The number of hydrogen-bond acceptors (Lipinski definition) is 8. The van der Waals surface area contributed by atoms with Gasteiger partial charge in [-0.05, 0) is 62.8 Å². The van der Waals surface area contributed by atoms with Crippen molar-refractivity contribution in [2.75, 3.05) is 23.3 Å². The Bertz CT molecular complexity index is 1930. The molecule has 1 aliphatic rings. The van der Waals surface area contributed by atoms with Crippen molar-refractivity contribution in [1.82, 2.24) is 15.0 Å². The van der Waals surface area contributed by atoms with Crippen molar-refractivity contribution in [2.24, 2.45) is 5.41 Å². The molecule has 9 nitrogen and oxygen atoms in total. The molecule has 46 heavy (non-hydrogen) atoms. The lowest BCUT2D eigenvalue weighted by atomic mass is 9.82. The van der Waals surface area contributed by atoms with Gasteiger partial charge >= 0.3 is 5.97 Å². The Kier molecular flexibility index (Phi) is 8.37. The molecule has 240 valence electrons. The Labute approximate surface area is 271 Å². The van der Waals surface area contributed by atoms with Crippen LogP contribution in [0.1, 0.15) is 64.7 Å². The zero-order valence-corrected chi connectivity index (χ0v) is 27.3. The van der Waals surface area contributed by atoms with Crippen molar-refractivity contribution in [1.29, 1.82) is 0 Å². The number of nitrogens with one attached hydrogen (secondary N) is 1. The van der Waals surface area contributed by atoms with E-state index < -0.39 is 23.5 Å². The fraction of sp³-hybridized carbons (Fsp3) is 0.371. The SMILES string of the molecule is CC1(C)CCN(c2c(-c3ccc(CNc4ncnc5c4oc4ccccc45)c(F)c3)cnc(Cl)c2[C@H](OC(C)(C)C)C(=O)O)CC1. The molecule has 4 heterocycles. The lowest BCUT2D eigenvalue weighted by molar-refractivity contribution is -0.160. The Morgan fingerprint density at radius 1 is 1.15 bits per heavy atom. The number of rotatable bonds is 8. The van der Waals surface area contributed by atoms with Gasteiger partial charge in [0.15, 0.2) is 17.5 Å². The summed E-state index contributed by atoms with van der Waals surface area (Å²) in [5.41, 5.74) is 3.65. The third-order valence-electron chi connectivity index (χ3n) is 8.40. The molecule has 1 aliphatic heterocycles. The van der Waals surface area contributed by atoms with Gasteiger partial charge in [0.25, 0.3) is 0 Å². The number of halogens is 2. The van der Waals surface area contributed by atoms with Crippen molar-refractivity contribution in [3.63, 3.8) is 0 Å². The highest BCUT2D eigenvalue weighted by Crippen LogP contribution is 2.45. The van der Waals surface area contributed by atoms with Crippen LogP contribution in [0.3, 0.4) is 0 Å². The third kappa shape index (κ3) is 6.37. The number of carboxylic acid groups (broad SMARTS) is 1. The molecule has 5 aromatic rings. The van der Waals surface area contributed by atoms with Gasteiger partial charge in [0.05, 0.1) is 16.9 Å². The van der Waals surface area contributed by atoms with Crippen LogP contribution < -0.4 is 10.2 Å². The lowest BCUT2D eigenvalue weighted by Crippen LogP contribution is -2.39. The molecule has 11 heteroatoms. The van der Waals surface area contributed by atoms with E-state index in [-0.39, 0.29) is 22.7 Å². The normalized spacial score (nSPS) is 15.8. The van der Waals surface area contributed by atoms with Gasteiger partial charge in [0, 0.05) is 42.3 Å². The van der Waals surface area contributed by atoms with Gasteiger partial charge in [-0.1, -0.05) is 49.7 Å². The first-order chi connectivity index (χ1) is 21.8. The Morgan fingerprint density at radius 2 is 1.89 bits per heavy atom. The van der Waals surface area contributed by atoms with E-state index in [9.17, 15) is 9.90 Å². The number of carbonyl (C=O) groups is 1. The molecular weight excluding hydrogens is 609 g/mol. The van der Waals surface area contributed by atoms with Crippen LogP contribution in [0.4, 0.5) is 15.9 Å². The van der Waals surface area contributed by atoms with Crippen LogP contribution in [-0.2, 0) is 16.1 Å². The van der Waals surface area contributed by atoms with Gasteiger partial charge in [-0.15, -0.1) is 0 Å². The van der Waals surface area contributed by atoms with Crippen molar-refractivity contribution in [3.05, 3.63) is 77.1 Å². The molecule has 1 saturated heterocycles. The van der Waals surface area contributed by atoms with Gasteiger partial charge in [-0.25, -0.2) is 24.1 Å². The third-order valence-corrected chi connectivity index (χ3v) is 8.70. The van der Waals surface area contributed by atoms with Crippen LogP contribution in [0.25, 0.3) is 33.2 Å². The van der Waals surface area contributed by atoms with Crippen LogP contribution in [0.2, 0.25) is 5.15 Å². The number of para-hydroxylation sites is 1. The van der Waals surface area contributed by atoms with E-state index in [0.29, 0.717) is 58.0 Å². The molecule has 0 amide bonds. The predicted molar refractivity (Wildman–Crippen MR) is 178 cm³/mol. The topological polar surface area (TPSA) is 114 Å². The number of benzene rings is 2. The molecule has 2 N–H and O–H groups in total. The first-order valence-electron chi connectivity index (χ1n) is 15.3. The summed E-state index contributed by atoms with van der Waals surface area (Å²) < 4.78 is 27.8. The van der Waals surface area contributed by atoms with Crippen molar-refractivity contribution in [2.45, 2.75) is 65.7 Å². The maximum atomic E-state index is 15.8. The van der Waals surface area contributed by atoms with Crippen molar-refractivity contribution < 1.29 is 23.4 Å². The molecule has 0 aliphatic carbocycles. The largest absolute Gasteiger partial charge is 0.479 e. The quantitative estimate of drug-likeness (QED) is 0.161. The molecule has 0 spiro atoms. The minimum Gasteiger partial charge on any atom is -0.479 e. The minimum atomic E-state index is -1.37. The number of carboxylic acids is 1. The maximum Gasteiger partial charge on any atom is 0.337 e. The molecule has 6 rings (SSSR count). The summed E-state index contributed by atoms with van der Waals surface area (Å²) in [6.07, 6.45) is 3.45. The summed E-state index contributed by atoms with van der Waals surface area (Å²) >= 11 is 6.67. The van der Waals surface area contributed by atoms with E-state index in [0.717, 1.165) is 18.2 Å². The number of fused-ring (bicyclic) bond motifs is 3. The highest BCUT2D eigenvalue weighted by molar-refractivity contribution is 6.31. The molecule has 1 atom stereocenters. The minimum absolute atomic E-state index is 0.0447. The van der Waals surface area contributed by atoms with Crippen molar-refractivity contribution in [3.8, 4) is 11.1 Å². The molecule has 3 aromatic heterocycles. The first kappa shape index (κ1) is 31.7.